The smallest absolute Gasteiger partial charge is 0.240 e. The Morgan fingerprint density at radius 1 is 1.23 bits per heavy atom. The third-order valence-electron chi connectivity index (χ3n) is 3.68. The summed E-state index contributed by atoms with van der Waals surface area (Å²) in [5, 5.41) is 22.6. The van der Waals surface area contributed by atoms with Gasteiger partial charge in [0.25, 0.3) is 0 Å². The van der Waals surface area contributed by atoms with Crippen LogP contribution in [0.15, 0.2) is 28.1 Å². The first-order valence-electron chi connectivity index (χ1n) is 8.15. The maximum atomic E-state index is 11.7. The number of para-hydroxylation sites is 1. The zero-order valence-electron chi connectivity index (χ0n) is 14.4. The predicted molar refractivity (Wildman–Crippen MR) is 104 cm³/mol. The summed E-state index contributed by atoms with van der Waals surface area (Å²) in [7, 11) is 0. The molecule has 0 spiro atoms. The number of thioether (sulfide) groups is 2. The van der Waals surface area contributed by atoms with Gasteiger partial charge >= 0.3 is 0 Å². The number of carbonyl (C=O) groups excluding carboxylic acids is 2. The predicted octanol–water partition coefficient (Wildman–Crippen LogP) is 0.869. The molecule has 0 aliphatic heterocycles. The third-order valence-corrected chi connectivity index (χ3v) is 5.74. The van der Waals surface area contributed by atoms with Gasteiger partial charge in [-0.25, -0.2) is 0 Å². The highest BCUT2D eigenvalue weighted by Crippen LogP contribution is 2.35. The Kier molecular flexibility index (Phi) is 7.83. The van der Waals surface area contributed by atoms with Gasteiger partial charge in [-0.15, -0.1) is 23.5 Å². The van der Waals surface area contributed by atoms with Crippen molar-refractivity contribution in [3.8, 4) is 0 Å². The lowest BCUT2D eigenvalue weighted by atomic mass is 10.0. The molecule has 0 saturated carbocycles. The van der Waals surface area contributed by atoms with E-state index >= 15 is 0 Å². The minimum atomic E-state index is -0.811. The summed E-state index contributed by atoms with van der Waals surface area (Å²) in [5.74, 6) is 0.152. The van der Waals surface area contributed by atoms with Crippen molar-refractivity contribution in [3.05, 3.63) is 23.8 Å². The van der Waals surface area contributed by atoms with Crippen molar-refractivity contribution in [2.75, 3.05) is 24.7 Å². The normalized spacial score (nSPS) is 12.3. The number of nitrogens with two attached hydrogens (primary N) is 1. The second-order valence-electron chi connectivity index (χ2n) is 5.62. The Labute approximate surface area is 160 Å². The molecule has 0 bridgehead atoms. The molecule has 1 unspecified atom stereocenters. The fraction of sp³-hybridized carbons (Fsp3) is 0.412. The molecule has 2 aromatic rings. The van der Waals surface area contributed by atoms with E-state index in [1.165, 1.54) is 30.4 Å². The number of rotatable bonds is 10. The zero-order chi connectivity index (χ0) is 19.1. The maximum Gasteiger partial charge on any atom is 0.240 e. The molecule has 1 atom stereocenters. The highest BCUT2D eigenvalue weighted by atomic mass is 32.2. The van der Waals surface area contributed by atoms with Crippen molar-refractivity contribution < 1.29 is 19.8 Å². The summed E-state index contributed by atoms with van der Waals surface area (Å²) in [6.45, 7) is 1.44. The Bertz CT molecular complexity index is 779. The molecule has 142 valence electrons. The van der Waals surface area contributed by atoms with Crippen molar-refractivity contribution in [2.24, 2.45) is 5.73 Å². The zero-order valence-corrected chi connectivity index (χ0v) is 16.1. The number of aromatic amines is 1. The van der Waals surface area contributed by atoms with Crippen LogP contribution in [0.1, 0.15) is 12.5 Å². The molecule has 0 saturated heterocycles. The van der Waals surface area contributed by atoms with Crippen LogP contribution in [0.5, 0.6) is 0 Å². The number of aliphatic hydroxyl groups excluding tert-OH is 2. The van der Waals surface area contributed by atoms with Crippen LogP contribution in [0, 0.1) is 0 Å². The molecule has 1 aromatic carbocycles. The van der Waals surface area contributed by atoms with Crippen LogP contribution < -0.4 is 11.1 Å². The van der Waals surface area contributed by atoms with Crippen molar-refractivity contribution in [3.63, 3.8) is 0 Å². The van der Waals surface area contributed by atoms with Crippen molar-refractivity contribution >= 4 is 46.2 Å². The van der Waals surface area contributed by atoms with Gasteiger partial charge in [-0.2, -0.15) is 0 Å². The number of H-pyrrole nitrogens is 1. The lowest BCUT2D eigenvalue weighted by Gasteiger charge is -2.15. The average Bonchev–Trinajstić information content (AvgIpc) is 2.95. The summed E-state index contributed by atoms with van der Waals surface area (Å²) in [6.07, 6.45) is 0.261. The van der Waals surface area contributed by atoms with Crippen molar-refractivity contribution in [1.82, 2.24) is 10.3 Å². The van der Waals surface area contributed by atoms with Gasteiger partial charge < -0.3 is 26.2 Å². The summed E-state index contributed by atoms with van der Waals surface area (Å²) in [4.78, 5) is 27.5. The number of amides is 2. The number of hydrogen-bond donors (Lipinski definition) is 5. The summed E-state index contributed by atoms with van der Waals surface area (Å²) >= 11 is 2.98. The first-order chi connectivity index (χ1) is 12.5. The van der Waals surface area contributed by atoms with Crippen LogP contribution in [0.4, 0.5) is 0 Å². The number of primary amides is 1. The monoisotopic (exact) mass is 397 g/mol. The third kappa shape index (κ3) is 5.16. The molecule has 9 heteroatoms. The van der Waals surface area contributed by atoms with E-state index in [2.05, 4.69) is 10.3 Å². The molecule has 0 aliphatic rings. The molecular weight excluding hydrogens is 374 g/mol. The molecule has 2 rings (SSSR count). The minimum Gasteiger partial charge on any atom is -0.396 e. The van der Waals surface area contributed by atoms with Crippen molar-refractivity contribution in [1.29, 1.82) is 0 Å². The van der Waals surface area contributed by atoms with Crippen LogP contribution in [0.2, 0.25) is 0 Å². The molecule has 0 fully saturated rings. The Morgan fingerprint density at radius 2 is 1.92 bits per heavy atom. The molecular formula is C17H23N3O4S2. The molecule has 2 amide bonds. The van der Waals surface area contributed by atoms with Gasteiger partial charge in [0.2, 0.25) is 11.8 Å². The van der Waals surface area contributed by atoms with Crippen molar-refractivity contribution in [2.45, 2.75) is 29.3 Å². The fourth-order valence-corrected chi connectivity index (χ4v) is 4.27. The molecule has 26 heavy (non-hydrogen) atoms. The molecule has 6 N–H and O–H groups in total. The van der Waals surface area contributed by atoms with E-state index in [4.69, 9.17) is 15.9 Å². The molecule has 1 aromatic heterocycles. The van der Waals surface area contributed by atoms with Gasteiger partial charge in [-0.05, 0) is 11.6 Å². The van der Waals surface area contributed by atoms with Gasteiger partial charge in [-0.3, -0.25) is 9.59 Å². The van der Waals surface area contributed by atoms with Crippen LogP contribution in [-0.4, -0.2) is 57.8 Å². The Balaban J connectivity index is 2.46. The fourth-order valence-electron chi connectivity index (χ4n) is 2.64. The topological polar surface area (TPSA) is 128 Å². The number of carbonyl (C=O) groups is 2. The largest absolute Gasteiger partial charge is 0.396 e. The van der Waals surface area contributed by atoms with Gasteiger partial charge in [0, 0.05) is 35.1 Å². The van der Waals surface area contributed by atoms with E-state index in [9.17, 15) is 9.59 Å². The van der Waals surface area contributed by atoms with Crippen LogP contribution in [0.3, 0.4) is 0 Å². The van der Waals surface area contributed by atoms with Crippen LogP contribution in [0.25, 0.3) is 10.9 Å². The number of hydrogen-bond acceptors (Lipinski definition) is 6. The highest BCUT2D eigenvalue weighted by Gasteiger charge is 2.22. The van der Waals surface area contributed by atoms with Gasteiger partial charge in [0.05, 0.1) is 23.8 Å². The lowest BCUT2D eigenvalue weighted by Crippen LogP contribution is -2.45. The SMILES string of the molecule is CC(=O)NC(Cc1c(SCCO)[nH]c2c(SCCO)cccc12)C(N)=O. The second kappa shape index (κ2) is 9.86. The lowest BCUT2D eigenvalue weighted by molar-refractivity contribution is -0.126. The number of nitrogens with one attached hydrogen (secondary N) is 2. The van der Waals surface area contributed by atoms with E-state index in [0.717, 1.165) is 26.4 Å². The first kappa shape index (κ1) is 20.6. The van der Waals surface area contributed by atoms with E-state index < -0.39 is 11.9 Å². The molecule has 7 nitrogen and oxygen atoms in total. The summed E-state index contributed by atoms with van der Waals surface area (Å²) < 4.78 is 0. The molecule has 0 radical (unpaired) electrons. The maximum absolute atomic E-state index is 11.7. The van der Waals surface area contributed by atoms with Crippen LogP contribution >= 0.6 is 23.5 Å². The standard InChI is InChI=1S/C17H23N3O4S2/c1-10(23)19-13(16(18)24)9-12-11-3-2-4-14(25-7-5-21)15(11)20-17(12)26-8-6-22/h2-4,13,20-22H,5-9H2,1H3,(H2,18,24)(H,19,23). The Hall–Kier alpha value is -1.68. The second-order valence-corrected chi connectivity index (χ2v) is 7.86. The van der Waals surface area contributed by atoms with E-state index in [1.54, 1.807) is 0 Å². The number of aromatic nitrogens is 1. The van der Waals surface area contributed by atoms with Crippen LogP contribution in [-0.2, 0) is 16.0 Å². The molecule has 1 heterocycles. The quantitative estimate of drug-likeness (QED) is 0.379. The Morgan fingerprint density at radius 3 is 2.54 bits per heavy atom. The van der Waals surface area contributed by atoms with Gasteiger partial charge in [-0.1, -0.05) is 12.1 Å². The van der Waals surface area contributed by atoms with E-state index in [-0.39, 0.29) is 25.5 Å². The summed E-state index contributed by atoms with van der Waals surface area (Å²) in [6, 6.07) is 5.01. The van der Waals surface area contributed by atoms with Gasteiger partial charge in [0.15, 0.2) is 0 Å². The number of aliphatic hydroxyl groups is 2. The average molecular weight is 398 g/mol. The van der Waals surface area contributed by atoms with E-state index in [0.29, 0.717) is 11.5 Å². The highest BCUT2D eigenvalue weighted by molar-refractivity contribution is 7.99. The minimum absolute atomic E-state index is 0.0243. The number of benzene rings is 1. The van der Waals surface area contributed by atoms with Gasteiger partial charge in [0.1, 0.15) is 6.04 Å². The summed E-state index contributed by atoms with van der Waals surface area (Å²) in [5.41, 5.74) is 7.24. The number of fused-ring (bicyclic) bond motifs is 1. The van der Waals surface area contributed by atoms with E-state index in [1.807, 2.05) is 18.2 Å². The molecule has 0 aliphatic carbocycles. The first-order valence-corrected chi connectivity index (χ1v) is 10.1.